The van der Waals surface area contributed by atoms with Crippen molar-refractivity contribution in [2.24, 2.45) is 0 Å². The standard InChI is InChI=1S/C6H7NO5S2/c1-2-14(11,12)6-3(5(9)10)4(8)7-13-6/h2H2,1H3,(H,7,8)(H,9,10). The van der Waals surface area contributed by atoms with Crippen LogP contribution in [0.15, 0.2) is 9.00 Å². The molecule has 0 saturated carbocycles. The van der Waals surface area contributed by atoms with E-state index in [0.717, 1.165) is 0 Å². The van der Waals surface area contributed by atoms with Crippen LogP contribution in [0.2, 0.25) is 0 Å². The minimum atomic E-state index is -3.65. The summed E-state index contributed by atoms with van der Waals surface area (Å²) in [6.07, 6.45) is 0. The summed E-state index contributed by atoms with van der Waals surface area (Å²) in [7, 11) is -3.65. The van der Waals surface area contributed by atoms with Crippen molar-refractivity contribution in [2.75, 3.05) is 5.75 Å². The lowest BCUT2D eigenvalue weighted by atomic mass is 10.4. The van der Waals surface area contributed by atoms with Crippen LogP contribution in [0, 0.1) is 0 Å². The number of carboxylic acid groups (broad SMARTS) is 1. The summed E-state index contributed by atoms with van der Waals surface area (Å²) in [6.45, 7) is 1.38. The molecule has 0 aliphatic rings. The summed E-state index contributed by atoms with van der Waals surface area (Å²) in [5.74, 6) is -1.76. The number of hydrogen-bond donors (Lipinski definition) is 2. The first-order chi connectivity index (χ1) is 6.40. The van der Waals surface area contributed by atoms with Crippen molar-refractivity contribution in [3.8, 4) is 0 Å². The molecule has 1 aromatic heterocycles. The fourth-order valence-electron chi connectivity index (χ4n) is 0.822. The molecule has 1 heterocycles. The minimum Gasteiger partial charge on any atom is -0.477 e. The van der Waals surface area contributed by atoms with Gasteiger partial charge in [0.25, 0.3) is 5.56 Å². The maximum atomic E-state index is 11.3. The van der Waals surface area contributed by atoms with Gasteiger partial charge in [-0.05, 0) is 11.5 Å². The van der Waals surface area contributed by atoms with Gasteiger partial charge < -0.3 is 5.11 Å². The third kappa shape index (κ3) is 1.70. The Bertz CT molecular complexity index is 509. The Morgan fingerprint density at radius 3 is 2.57 bits per heavy atom. The van der Waals surface area contributed by atoms with Gasteiger partial charge >= 0.3 is 5.97 Å². The summed E-state index contributed by atoms with van der Waals surface area (Å²) in [6, 6.07) is 0. The molecule has 0 unspecified atom stereocenters. The number of aromatic carboxylic acids is 1. The van der Waals surface area contributed by atoms with Gasteiger partial charge in [-0.1, -0.05) is 6.92 Å². The van der Waals surface area contributed by atoms with Gasteiger partial charge in [-0.2, -0.15) is 0 Å². The molecule has 1 aromatic rings. The van der Waals surface area contributed by atoms with E-state index in [0.29, 0.717) is 11.5 Å². The number of nitrogens with one attached hydrogen (secondary N) is 1. The number of rotatable bonds is 3. The molecule has 6 nitrogen and oxygen atoms in total. The van der Waals surface area contributed by atoms with Crippen LogP contribution in [-0.2, 0) is 9.84 Å². The largest absolute Gasteiger partial charge is 0.477 e. The molecular formula is C6H7NO5S2. The van der Waals surface area contributed by atoms with Crippen molar-refractivity contribution in [3.63, 3.8) is 0 Å². The van der Waals surface area contributed by atoms with E-state index in [1.165, 1.54) is 6.92 Å². The molecule has 0 radical (unpaired) electrons. The van der Waals surface area contributed by atoms with Crippen molar-refractivity contribution in [3.05, 3.63) is 15.9 Å². The van der Waals surface area contributed by atoms with E-state index in [2.05, 4.69) is 4.37 Å². The van der Waals surface area contributed by atoms with Crippen LogP contribution >= 0.6 is 11.5 Å². The molecule has 8 heteroatoms. The SMILES string of the molecule is CCS(=O)(=O)c1s[nH]c(=O)c1C(=O)O. The highest BCUT2D eigenvalue weighted by Gasteiger charge is 2.26. The predicted molar refractivity (Wildman–Crippen MR) is 49.6 cm³/mol. The van der Waals surface area contributed by atoms with Gasteiger partial charge in [-0.3, -0.25) is 9.17 Å². The molecule has 0 saturated heterocycles. The highest BCUT2D eigenvalue weighted by Crippen LogP contribution is 2.17. The molecule has 78 valence electrons. The smallest absolute Gasteiger partial charge is 0.343 e. The third-order valence-electron chi connectivity index (χ3n) is 1.54. The van der Waals surface area contributed by atoms with E-state index < -0.39 is 31.1 Å². The molecule has 14 heavy (non-hydrogen) atoms. The molecule has 0 amide bonds. The minimum absolute atomic E-state index is 0.235. The van der Waals surface area contributed by atoms with Gasteiger partial charge in [-0.25, -0.2) is 13.2 Å². The number of H-pyrrole nitrogens is 1. The van der Waals surface area contributed by atoms with Crippen LogP contribution in [0.25, 0.3) is 0 Å². The van der Waals surface area contributed by atoms with Gasteiger partial charge in [0.15, 0.2) is 19.6 Å². The zero-order valence-corrected chi connectivity index (χ0v) is 8.74. The van der Waals surface area contributed by atoms with Crippen molar-refractivity contribution in [2.45, 2.75) is 11.1 Å². The second kappa shape index (κ2) is 3.54. The lowest BCUT2D eigenvalue weighted by Crippen LogP contribution is -2.16. The predicted octanol–water partition coefficient (Wildman–Crippen LogP) is -0.0718. The first kappa shape index (κ1) is 10.9. The van der Waals surface area contributed by atoms with E-state index in [-0.39, 0.29) is 5.75 Å². The van der Waals surface area contributed by atoms with Crippen LogP contribution in [0.4, 0.5) is 0 Å². The van der Waals surface area contributed by atoms with Crippen LogP contribution in [0.1, 0.15) is 17.3 Å². The Hall–Kier alpha value is -1.15. The van der Waals surface area contributed by atoms with Crippen LogP contribution in [0.5, 0.6) is 0 Å². The number of aromatic nitrogens is 1. The second-order valence-corrected chi connectivity index (χ2v) is 5.69. The summed E-state index contributed by atoms with van der Waals surface area (Å²) in [5, 5.41) is 8.62. The van der Waals surface area contributed by atoms with Crippen LogP contribution < -0.4 is 5.56 Å². The van der Waals surface area contributed by atoms with E-state index in [9.17, 15) is 18.0 Å². The topological polar surface area (TPSA) is 104 Å². The number of carbonyl (C=O) groups is 1. The molecule has 0 aromatic carbocycles. The molecule has 0 spiro atoms. The number of sulfone groups is 1. The second-order valence-electron chi connectivity index (χ2n) is 2.40. The van der Waals surface area contributed by atoms with Crippen LogP contribution in [0.3, 0.4) is 0 Å². The maximum Gasteiger partial charge on any atom is 0.343 e. The van der Waals surface area contributed by atoms with Gasteiger partial charge in [0.2, 0.25) is 0 Å². The summed E-state index contributed by atoms with van der Waals surface area (Å²) in [4.78, 5) is 21.5. The summed E-state index contributed by atoms with van der Waals surface area (Å²) >= 11 is 0.530. The average Bonchev–Trinajstić information content (AvgIpc) is 2.47. The zero-order chi connectivity index (χ0) is 10.9. The maximum absolute atomic E-state index is 11.3. The lowest BCUT2D eigenvalue weighted by Gasteiger charge is -1.96. The van der Waals surface area contributed by atoms with Crippen molar-refractivity contribution < 1.29 is 18.3 Å². The first-order valence-corrected chi connectivity index (χ1v) is 6.04. The van der Waals surface area contributed by atoms with E-state index in [1.54, 1.807) is 0 Å². The average molecular weight is 237 g/mol. The van der Waals surface area contributed by atoms with E-state index in [1.807, 2.05) is 0 Å². The fourth-order valence-corrected chi connectivity index (χ4v) is 3.13. The molecule has 2 N–H and O–H groups in total. The Morgan fingerprint density at radius 2 is 2.14 bits per heavy atom. The quantitative estimate of drug-likeness (QED) is 0.765. The van der Waals surface area contributed by atoms with E-state index >= 15 is 0 Å². The van der Waals surface area contributed by atoms with Gasteiger partial charge in [0.1, 0.15) is 0 Å². The normalized spacial score (nSPS) is 11.5. The Morgan fingerprint density at radius 1 is 1.57 bits per heavy atom. The van der Waals surface area contributed by atoms with Crippen molar-refractivity contribution in [1.29, 1.82) is 0 Å². The molecule has 0 bridgehead atoms. The van der Waals surface area contributed by atoms with Crippen LogP contribution in [-0.4, -0.2) is 29.6 Å². The van der Waals surface area contributed by atoms with Gasteiger partial charge in [0, 0.05) is 0 Å². The molecule has 0 atom stereocenters. The number of carboxylic acids is 1. The number of aromatic amines is 1. The van der Waals surface area contributed by atoms with Gasteiger partial charge in [-0.15, -0.1) is 0 Å². The monoisotopic (exact) mass is 237 g/mol. The molecular weight excluding hydrogens is 230 g/mol. The number of hydrogen-bond acceptors (Lipinski definition) is 5. The lowest BCUT2D eigenvalue weighted by molar-refractivity contribution is 0.0692. The first-order valence-electron chi connectivity index (χ1n) is 3.57. The molecule has 0 aliphatic carbocycles. The highest BCUT2D eigenvalue weighted by molar-refractivity contribution is 7.93. The molecule has 1 rings (SSSR count). The van der Waals surface area contributed by atoms with E-state index in [4.69, 9.17) is 5.11 Å². The van der Waals surface area contributed by atoms with Crippen molar-refractivity contribution >= 4 is 27.3 Å². The molecule has 0 fully saturated rings. The summed E-state index contributed by atoms with van der Waals surface area (Å²) < 4.78 is 24.3. The van der Waals surface area contributed by atoms with Crippen molar-refractivity contribution in [1.82, 2.24) is 4.37 Å². The Balaban J connectivity index is 3.53. The Kier molecular flexibility index (Phi) is 2.76. The van der Waals surface area contributed by atoms with Gasteiger partial charge in [0.05, 0.1) is 5.75 Å². The Labute approximate surface area is 83.3 Å². The third-order valence-corrected chi connectivity index (χ3v) is 4.76. The zero-order valence-electron chi connectivity index (χ0n) is 7.10. The molecule has 0 aliphatic heterocycles. The highest BCUT2D eigenvalue weighted by atomic mass is 32.2. The fraction of sp³-hybridized carbons (Fsp3) is 0.333. The summed E-state index contributed by atoms with van der Waals surface area (Å²) in [5.41, 5.74) is -1.58.